The fraction of sp³-hybridized carbons (Fsp3) is 0.382. The summed E-state index contributed by atoms with van der Waals surface area (Å²) in [6, 6.07) is 17.7. The van der Waals surface area contributed by atoms with Gasteiger partial charge in [-0.1, -0.05) is 24.4 Å². The van der Waals surface area contributed by atoms with E-state index in [1.54, 1.807) is 48.7 Å². The molecule has 0 unspecified atom stereocenters. The first-order valence-corrected chi connectivity index (χ1v) is 14.4. The van der Waals surface area contributed by atoms with Crippen molar-refractivity contribution in [3.8, 4) is 68.6 Å². The third kappa shape index (κ3) is 8.00. The van der Waals surface area contributed by atoms with Gasteiger partial charge in [-0.3, -0.25) is 0 Å². The Labute approximate surface area is 258 Å². The fourth-order valence-corrected chi connectivity index (χ4v) is 4.65. The van der Waals surface area contributed by atoms with E-state index in [4.69, 9.17) is 42.4 Å². The highest BCUT2D eigenvalue weighted by atomic mass is 16.5. The molecule has 235 valence electrons. The number of hydrogen-bond acceptors (Lipinski definition) is 10. The number of unbranched alkanes of at least 4 members (excludes halogenated alkanes) is 4. The zero-order chi connectivity index (χ0) is 31.3. The average molecular weight is 607 g/mol. The highest BCUT2D eigenvalue weighted by Crippen LogP contribution is 2.42. The van der Waals surface area contributed by atoms with Crippen molar-refractivity contribution in [1.82, 2.24) is 5.16 Å². The lowest BCUT2D eigenvalue weighted by atomic mass is 10.1. The van der Waals surface area contributed by atoms with E-state index in [-0.39, 0.29) is 0 Å². The molecule has 4 aromatic rings. The number of nitrogens with zero attached hydrogens (tertiary/aromatic N) is 1. The SMILES string of the molecule is COc1c[c]c(OC)c(OCCCCCCCOc2cc(-c3cc(-c4cc(OC)c(OC)c(OC)c4)no3)ccc2OC)c1. The third-order valence-electron chi connectivity index (χ3n) is 7.01. The Hall–Kier alpha value is -4.73. The van der Waals surface area contributed by atoms with E-state index < -0.39 is 0 Å². The van der Waals surface area contributed by atoms with Crippen LogP contribution in [0.2, 0.25) is 0 Å². The van der Waals surface area contributed by atoms with Gasteiger partial charge in [-0.15, -0.1) is 0 Å². The zero-order valence-electron chi connectivity index (χ0n) is 26.2. The second kappa shape index (κ2) is 16.2. The smallest absolute Gasteiger partial charge is 0.203 e. The summed E-state index contributed by atoms with van der Waals surface area (Å²) in [6.45, 7) is 1.17. The molecule has 0 atom stereocenters. The van der Waals surface area contributed by atoms with Crippen LogP contribution in [0.1, 0.15) is 32.1 Å². The molecule has 0 N–H and O–H groups in total. The van der Waals surface area contributed by atoms with Gasteiger partial charge in [-0.2, -0.15) is 0 Å². The van der Waals surface area contributed by atoms with Gasteiger partial charge in [0.05, 0.1) is 55.9 Å². The molecular formula is C34H40NO9. The maximum Gasteiger partial charge on any atom is 0.203 e. The summed E-state index contributed by atoms with van der Waals surface area (Å²) in [5.41, 5.74) is 2.21. The third-order valence-corrected chi connectivity index (χ3v) is 7.01. The largest absolute Gasteiger partial charge is 0.497 e. The molecule has 3 aromatic carbocycles. The number of hydrogen-bond donors (Lipinski definition) is 0. The van der Waals surface area contributed by atoms with Gasteiger partial charge in [0.15, 0.2) is 40.3 Å². The molecule has 0 aliphatic heterocycles. The van der Waals surface area contributed by atoms with Crippen LogP contribution in [0.5, 0.6) is 46.0 Å². The Morgan fingerprint density at radius 2 is 1.23 bits per heavy atom. The second-order valence-corrected chi connectivity index (χ2v) is 9.76. The van der Waals surface area contributed by atoms with Crippen LogP contribution < -0.4 is 37.9 Å². The van der Waals surface area contributed by atoms with E-state index in [0.29, 0.717) is 70.7 Å². The zero-order valence-corrected chi connectivity index (χ0v) is 26.2. The lowest BCUT2D eigenvalue weighted by Crippen LogP contribution is -2.01. The van der Waals surface area contributed by atoms with E-state index in [0.717, 1.165) is 43.2 Å². The van der Waals surface area contributed by atoms with E-state index in [2.05, 4.69) is 11.2 Å². The minimum Gasteiger partial charge on any atom is -0.497 e. The molecular weight excluding hydrogens is 566 g/mol. The van der Waals surface area contributed by atoms with Crippen LogP contribution in [-0.2, 0) is 0 Å². The molecule has 0 saturated heterocycles. The van der Waals surface area contributed by atoms with Gasteiger partial charge in [-0.25, -0.2) is 0 Å². The highest BCUT2D eigenvalue weighted by Gasteiger charge is 2.18. The number of rotatable bonds is 18. The summed E-state index contributed by atoms with van der Waals surface area (Å²) >= 11 is 0. The van der Waals surface area contributed by atoms with Crippen LogP contribution in [0.3, 0.4) is 0 Å². The molecule has 0 fully saturated rings. The Morgan fingerprint density at radius 3 is 1.84 bits per heavy atom. The van der Waals surface area contributed by atoms with Gasteiger partial charge < -0.3 is 42.4 Å². The van der Waals surface area contributed by atoms with Crippen molar-refractivity contribution < 1.29 is 42.4 Å². The molecule has 10 nitrogen and oxygen atoms in total. The summed E-state index contributed by atoms with van der Waals surface area (Å²) < 4.78 is 50.2. The van der Waals surface area contributed by atoms with E-state index in [1.807, 2.05) is 42.5 Å². The Morgan fingerprint density at radius 1 is 0.591 bits per heavy atom. The van der Waals surface area contributed by atoms with Crippen molar-refractivity contribution >= 4 is 0 Å². The molecule has 0 bridgehead atoms. The summed E-state index contributed by atoms with van der Waals surface area (Å²) in [5.74, 6) is 5.37. The van der Waals surface area contributed by atoms with Crippen molar-refractivity contribution in [1.29, 1.82) is 0 Å². The lowest BCUT2D eigenvalue weighted by molar-refractivity contribution is 0.275. The first-order chi connectivity index (χ1) is 21.5. The van der Waals surface area contributed by atoms with Crippen LogP contribution in [0.15, 0.2) is 53.1 Å². The van der Waals surface area contributed by atoms with Crippen molar-refractivity contribution in [2.45, 2.75) is 32.1 Å². The monoisotopic (exact) mass is 606 g/mol. The van der Waals surface area contributed by atoms with Gasteiger partial charge in [-0.05, 0) is 49.2 Å². The molecule has 44 heavy (non-hydrogen) atoms. The molecule has 0 amide bonds. The molecule has 0 spiro atoms. The van der Waals surface area contributed by atoms with Crippen molar-refractivity contribution in [2.75, 3.05) is 55.9 Å². The van der Waals surface area contributed by atoms with Crippen molar-refractivity contribution in [3.05, 3.63) is 54.6 Å². The molecule has 0 aliphatic carbocycles. The van der Waals surface area contributed by atoms with E-state index in [1.165, 1.54) is 0 Å². The molecule has 1 heterocycles. The first kappa shape index (κ1) is 32.2. The first-order valence-electron chi connectivity index (χ1n) is 14.4. The predicted octanol–water partition coefficient (Wildman–Crippen LogP) is 7.27. The highest BCUT2D eigenvalue weighted by molar-refractivity contribution is 5.72. The normalized spacial score (nSPS) is 10.7. The quantitative estimate of drug-likeness (QED) is 0.108. The average Bonchev–Trinajstić information content (AvgIpc) is 3.57. The van der Waals surface area contributed by atoms with Crippen molar-refractivity contribution in [2.24, 2.45) is 0 Å². The van der Waals surface area contributed by atoms with Crippen LogP contribution in [0.25, 0.3) is 22.6 Å². The Bertz CT molecular complexity index is 1460. The predicted molar refractivity (Wildman–Crippen MR) is 166 cm³/mol. The topological polar surface area (TPSA) is 99.9 Å². The van der Waals surface area contributed by atoms with E-state index in [9.17, 15) is 0 Å². The molecule has 0 aliphatic rings. The summed E-state index contributed by atoms with van der Waals surface area (Å²) in [5, 5.41) is 4.27. The number of aromatic nitrogens is 1. The van der Waals surface area contributed by atoms with Gasteiger partial charge >= 0.3 is 0 Å². The fourth-order valence-electron chi connectivity index (χ4n) is 4.65. The minimum atomic E-state index is 0.512. The van der Waals surface area contributed by atoms with Gasteiger partial charge in [0.1, 0.15) is 11.4 Å². The summed E-state index contributed by atoms with van der Waals surface area (Å²) in [6.07, 6.45) is 5.02. The molecule has 1 radical (unpaired) electrons. The molecule has 10 heteroatoms. The molecule has 1 aromatic heterocycles. The molecule has 0 saturated carbocycles. The minimum absolute atomic E-state index is 0.512. The number of methoxy groups -OCH3 is 6. The second-order valence-electron chi connectivity index (χ2n) is 9.76. The maximum atomic E-state index is 6.11. The van der Waals surface area contributed by atoms with Gasteiger partial charge in [0.25, 0.3) is 0 Å². The van der Waals surface area contributed by atoms with Crippen LogP contribution >= 0.6 is 0 Å². The summed E-state index contributed by atoms with van der Waals surface area (Å²) in [7, 11) is 9.55. The van der Waals surface area contributed by atoms with Crippen LogP contribution in [-0.4, -0.2) is 61.0 Å². The van der Waals surface area contributed by atoms with Crippen LogP contribution in [0.4, 0.5) is 0 Å². The van der Waals surface area contributed by atoms with Crippen LogP contribution in [0, 0.1) is 6.07 Å². The van der Waals surface area contributed by atoms with Gasteiger partial charge in [0.2, 0.25) is 5.75 Å². The number of benzene rings is 3. The van der Waals surface area contributed by atoms with Gasteiger partial charge in [0, 0.05) is 29.3 Å². The Kier molecular flexibility index (Phi) is 11.9. The number of ether oxygens (including phenoxy) is 8. The Balaban J connectivity index is 1.28. The molecule has 4 rings (SSSR count). The lowest BCUT2D eigenvalue weighted by Gasteiger charge is -2.13. The summed E-state index contributed by atoms with van der Waals surface area (Å²) in [4.78, 5) is 0. The standard InChI is InChI=1S/C34H40NO9/c1-36-25-13-15-28(38-3)31(21-25)43-17-11-9-7-8-10-16-42-30-18-23(12-14-27(30)37-2)29-22-26(35-44-29)24-19-32(39-4)34(41-6)33(20-24)40-5/h12-14,18-22H,7-11,16-17H2,1-6H3. The maximum absolute atomic E-state index is 6.11. The van der Waals surface area contributed by atoms with E-state index >= 15 is 0 Å². The van der Waals surface area contributed by atoms with Crippen molar-refractivity contribution in [3.63, 3.8) is 0 Å².